The fourth-order valence-corrected chi connectivity index (χ4v) is 1.83. The molecule has 12 heavy (non-hydrogen) atoms. The molecule has 0 saturated heterocycles. The lowest BCUT2D eigenvalue weighted by Crippen LogP contribution is -2.41. The van der Waals surface area contributed by atoms with Gasteiger partial charge in [0.1, 0.15) is 6.61 Å². The van der Waals surface area contributed by atoms with Crippen LogP contribution in [0.1, 0.15) is 0 Å². The normalized spacial score (nSPS) is 14.0. The van der Waals surface area contributed by atoms with Gasteiger partial charge >= 0.3 is 0 Å². The molecule has 0 aromatic rings. The van der Waals surface area contributed by atoms with Crippen molar-refractivity contribution in [3.05, 3.63) is 0 Å². The average Bonchev–Trinajstić information content (AvgIpc) is 1.79. The largest absolute Gasteiger partial charge is 0.464 e. The monoisotopic (exact) mass is 238 g/mol. The minimum absolute atomic E-state index is 0.221. The van der Waals surface area contributed by atoms with Crippen molar-refractivity contribution in [1.82, 2.24) is 0 Å². The predicted octanol–water partition coefficient (Wildman–Crippen LogP) is 0.366. The van der Waals surface area contributed by atoms with E-state index in [-0.39, 0.29) is 10.8 Å². The first-order chi connectivity index (χ1) is 5.31. The molecule has 0 aromatic heterocycles. The molecule has 0 aliphatic carbocycles. The molecular weight excluding hydrogens is 222 g/mol. The molecule has 72 valence electrons. The molecule has 0 saturated carbocycles. The van der Waals surface area contributed by atoms with Gasteiger partial charge in [-0.3, -0.25) is 5.41 Å². The Morgan fingerprint density at radius 1 is 1.58 bits per heavy atom. The van der Waals surface area contributed by atoms with Crippen LogP contribution < -0.4 is 5.73 Å². The van der Waals surface area contributed by atoms with E-state index in [2.05, 4.69) is 37.1 Å². The van der Waals surface area contributed by atoms with Gasteiger partial charge in [0.15, 0.2) is 0 Å². The quantitative estimate of drug-likeness (QED) is 0.322. The highest BCUT2D eigenvalue weighted by Gasteiger charge is 2.15. The second-order valence-electron chi connectivity index (χ2n) is 3.75. The Morgan fingerprint density at radius 2 is 2.08 bits per heavy atom. The Balaban J connectivity index is 3.60. The molecule has 0 aliphatic rings. The highest BCUT2D eigenvalue weighted by atomic mass is 79.9. The topological polar surface area (TPSA) is 59.1 Å². The molecule has 0 rings (SSSR count). The average molecular weight is 239 g/mol. The molecular formula is C7H17BrN3O+. The van der Waals surface area contributed by atoms with Crippen LogP contribution in [0.2, 0.25) is 0 Å². The zero-order valence-corrected chi connectivity index (χ0v) is 9.39. The lowest BCUT2D eigenvalue weighted by atomic mass is 10.4. The van der Waals surface area contributed by atoms with E-state index in [4.69, 9.17) is 15.9 Å². The molecule has 0 unspecified atom stereocenters. The lowest BCUT2D eigenvalue weighted by molar-refractivity contribution is -0.869. The number of halogens is 1. The third-order valence-electron chi connectivity index (χ3n) is 1.17. The summed E-state index contributed by atoms with van der Waals surface area (Å²) in [6.07, 6.45) is 0. The first-order valence-electron chi connectivity index (χ1n) is 3.72. The van der Waals surface area contributed by atoms with Crippen LogP contribution in [0, 0.1) is 5.41 Å². The Bertz CT molecular complexity index is 155. The van der Waals surface area contributed by atoms with E-state index < -0.39 is 0 Å². The molecule has 5 heteroatoms. The van der Waals surface area contributed by atoms with Gasteiger partial charge < -0.3 is 15.0 Å². The lowest BCUT2D eigenvalue weighted by Gasteiger charge is -2.26. The van der Waals surface area contributed by atoms with Crippen molar-refractivity contribution in [3.8, 4) is 0 Å². The molecule has 0 spiro atoms. The molecule has 0 aliphatic heterocycles. The van der Waals surface area contributed by atoms with Gasteiger partial charge in [-0.05, 0) is 0 Å². The second-order valence-corrected chi connectivity index (χ2v) is 5.04. The van der Waals surface area contributed by atoms with Crippen molar-refractivity contribution in [2.75, 3.05) is 34.3 Å². The summed E-state index contributed by atoms with van der Waals surface area (Å²) in [5.74, 6) is 0. The van der Waals surface area contributed by atoms with Crippen LogP contribution in [-0.2, 0) is 4.74 Å². The number of ether oxygens (including phenoxy) is 1. The maximum absolute atomic E-state index is 6.85. The minimum atomic E-state index is -0.221. The summed E-state index contributed by atoms with van der Waals surface area (Å²) in [6, 6.07) is -0.221. The van der Waals surface area contributed by atoms with Crippen molar-refractivity contribution in [3.63, 3.8) is 0 Å². The van der Waals surface area contributed by atoms with E-state index in [1.807, 2.05) is 0 Å². The Morgan fingerprint density at radius 3 is 2.42 bits per heavy atom. The summed E-state index contributed by atoms with van der Waals surface area (Å²) >= 11 is 3.45. The van der Waals surface area contributed by atoms with Crippen LogP contribution in [0.3, 0.4) is 0 Å². The van der Waals surface area contributed by atoms with Crippen molar-refractivity contribution in [2.24, 2.45) is 5.73 Å². The van der Waals surface area contributed by atoms with E-state index >= 15 is 0 Å². The molecule has 0 aromatic carbocycles. The Hall–Kier alpha value is -0.290. The van der Waals surface area contributed by atoms with Crippen LogP contribution in [0.15, 0.2) is 0 Å². The van der Waals surface area contributed by atoms with Gasteiger partial charge in [0.25, 0.3) is 6.02 Å². The molecule has 0 radical (unpaired) electrons. The van der Waals surface area contributed by atoms with Gasteiger partial charge in [0, 0.05) is 0 Å². The van der Waals surface area contributed by atoms with Crippen LogP contribution >= 0.6 is 15.9 Å². The van der Waals surface area contributed by atoms with Crippen LogP contribution in [0.25, 0.3) is 0 Å². The second kappa shape index (κ2) is 4.67. The van der Waals surface area contributed by atoms with Crippen molar-refractivity contribution in [1.29, 1.82) is 5.41 Å². The van der Waals surface area contributed by atoms with Crippen LogP contribution in [0.5, 0.6) is 0 Å². The first-order valence-corrected chi connectivity index (χ1v) is 4.64. The Kier molecular flexibility index (Phi) is 4.55. The summed E-state index contributed by atoms with van der Waals surface area (Å²) in [7, 11) is 6.30. The fraction of sp³-hybridized carbons (Fsp3) is 0.857. The summed E-state index contributed by atoms with van der Waals surface area (Å²) < 4.78 is 5.71. The molecule has 0 amide bonds. The van der Waals surface area contributed by atoms with Gasteiger partial charge in [0.05, 0.1) is 32.5 Å². The van der Waals surface area contributed by atoms with E-state index in [1.54, 1.807) is 0 Å². The van der Waals surface area contributed by atoms with E-state index in [9.17, 15) is 0 Å². The zero-order chi connectivity index (χ0) is 9.78. The van der Waals surface area contributed by atoms with Gasteiger partial charge in [-0.15, -0.1) is 0 Å². The third-order valence-corrected chi connectivity index (χ3v) is 1.72. The van der Waals surface area contributed by atoms with Crippen molar-refractivity contribution in [2.45, 2.75) is 4.83 Å². The molecule has 0 heterocycles. The molecule has 4 nitrogen and oxygen atoms in total. The highest BCUT2D eigenvalue weighted by molar-refractivity contribution is 9.09. The standard InChI is InChI=1S/C7H17BrN3O/c1-11(2,3)4-6(8)5-12-7(9)10/h6H,4-5H2,1-3H3,(H3,9,10)/q+1/t6-/m0/s1. The number of rotatable bonds is 4. The molecule has 0 bridgehead atoms. The molecule has 1 atom stereocenters. The number of nitrogens with one attached hydrogen (secondary N) is 1. The van der Waals surface area contributed by atoms with Crippen LogP contribution in [-0.4, -0.2) is 49.6 Å². The number of nitrogens with two attached hydrogens (primary N) is 1. The maximum Gasteiger partial charge on any atom is 0.279 e. The van der Waals surface area contributed by atoms with Gasteiger partial charge in [0.2, 0.25) is 0 Å². The number of quaternary nitrogens is 1. The van der Waals surface area contributed by atoms with Gasteiger partial charge in [-0.1, -0.05) is 15.9 Å². The van der Waals surface area contributed by atoms with Gasteiger partial charge in [-0.25, -0.2) is 0 Å². The SMILES string of the molecule is C[N+](C)(C)C[C@H](Br)COC(=N)N. The summed E-state index contributed by atoms with van der Waals surface area (Å²) in [6.45, 7) is 1.39. The maximum atomic E-state index is 6.85. The fourth-order valence-electron chi connectivity index (χ4n) is 0.827. The number of nitrogens with zero attached hydrogens (tertiary/aromatic N) is 1. The summed E-state index contributed by atoms with van der Waals surface area (Å²) in [5.41, 5.74) is 5.04. The van der Waals surface area contributed by atoms with E-state index in [0.717, 1.165) is 11.0 Å². The van der Waals surface area contributed by atoms with Crippen LogP contribution in [0.4, 0.5) is 0 Å². The Labute approximate surface area is 81.9 Å². The van der Waals surface area contributed by atoms with Crippen molar-refractivity contribution >= 4 is 22.0 Å². The number of alkyl halides is 1. The number of hydrogen-bond acceptors (Lipinski definition) is 2. The highest BCUT2D eigenvalue weighted by Crippen LogP contribution is 2.05. The van der Waals surface area contributed by atoms with E-state index in [1.165, 1.54) is 0 Å². The minimum Gasteiger partial charge on any atom is -0.464 e. The van der Waals surface area contributed by atoms with E-state index in [0.29, 0.717) is 6.61 Å². The summed E-state index contributed by atoms with van der Waals surface area (Å²) in [5, 5.41) is 6.85. The van der Waals surface area contributed by atoms with Gasteiger partial charge in [-0.2, -0.15) is 0 Å². The first kappa shape index (κ1) is 11.7. The predicted molar refractivity (Wildman–Crippen MR) is 53.5 cm³/mol. The number of hydrogen-bond donors (Lipinski definition) is 2. The smallest absolute Gasteiger partial charge is 0.279 e. The summed E-state index contributed by atoms with van der Waals surface area (Å²) in [4.78, 5) is 0.237. The number of amidine groups is 1. The third kappa shape index (κ3) is 7.81. The zero-order valence-electron chi connectivity index (χ0n) is 7.80. The molecule has 3 N–H and O–H groups in total. The van der Waals surface area contributed by atoms with Crippen molar-refractivity contribution < 1.29 is 9.22 Å². The molecule has 0 fully saturated rings.